The highest BCUT2D eigenvalue weighted by Crippen LogP contribution is 2.30. The van der Waals surface area contributed by atoms with Gasteiger partial charge in [-0.2, -0.15) is 0 Å². The zero-order chi connectivity index (χ0) is 10.1. The Morgan fingerprint density at radius 3 is 2.62 bits per heavy atom. The normalized spacial score (nSPS) is 38.1. The lowest BCUT2D eigenvalue weighted by Gasteiger charge is -2.46. The molecule has 0 saturated carbocycles. The minimum Gasteiger partial charge on any atom is -0.376 e. The summed E-state index contributed by atoms with van der Waals surface area (Å²) in [5, 5.41) is 4.41. The fourth-order valence-electron chi connectivity index (χ4n) is 1.67. The maximum atomic E-state index is 5.70. The van der Waals surface area contributed by atoms with Gasteiger partial charge in [-0.1, -0.05) is 15.9 Å². The van der Waals surface area contributed by atoms with Crippen molar-refractivity contribution in [3.05, 3.63) is 0 Å². The van der Waals surface area contributed by atoms with E-state index >= 15 is 0 Å². The van der Waals surface area contributed by atoms with Crippen LogP contribution >= 0.6 is 15.9 Å². The first-order chi connectivity index (χ1) is 5.97. The molecule has 0 aromatic heterocycles. The molecule has 0 aromatic rings. The van der Waals surface area contributed by atoms with Crippen molar-refractivity contribution in [3.63, 3.8) is 0 Å². The van der Waals surface area contributed by atoms with Crippen LogP contribution < -0.4 is 0 Å². The first-order valence-electron chi connectivity index (χ1n) is 4.70. The van der Waals surface area contributed by atoms with Crippen LogP contribution in [0.2, 0.25) is 0 Å². The minimum absolute atomic E-state index is 0.0737. The predicted molar refractivity (Wildman–Crippen MR) is 58.0 cm³/mol. The second-order valence-corrected chi connectivity index (χ2v) is 5.69. The molecule has 1 aliphatic heterocycles. The summed E-state index contributed by atoms with van der Waals surface area (Å²) in [4.78, 5) is 0. The van der Waals surface area contributed by atoms with Crippen LogP contribution in [0.3, 0.4) is 0 Å². The van der Waals surface area contributed by atoms with E-state index in [9.17, 15) is 0 Å². The van der Waals surface area contributed by atoms with Crippen LogP contribution in [-0.2, 0) is 4.74 Å². The monoisotopic (exact) mass is 250 g/mol. The number of ether oxygens (including phenoxy) is 1. The summed E-state index contributed by atoms with van der Waals surface area (Å²) >= 11 is 3.73. The molecular formula is C9H19BrN2O. The topological polar surface area (TPSA) is 15.7 Å². The number of likely N-dealkylation sites (N-methyl/N-ethyl adjacent to an activating group) is 1. The molecule has 0 radical (unpaired) electrons. The molecule has 0 N–H and O–H groups in total. The van der Waals surface area contributed by atoms with Gasteiger partial charge in [-0.05, 0) is 13.8 Å². The fraction of sp³-hybridized carbons (Fsp3) is 1.00. The minimum atomic E-state index is 0.0737. The first-order valence-corrected chi connectivity index (χ1v) is 5.49. The first kappa shape index (κ1) is 11.4. The van der Waals surface area contributed by atoms with Crippen molar-refractivity contribution in [2.75, 3.05) is 33.8 Å². The summed E-state index contributed by atoms with van der Waals surface area (Å²) in [6, 6.07) is 0. The van der Waals surface area contributed by atoms with Gasteiger partial charge in [0.05, 0.1) is 10.4 Å². The van der Waals surface area contributed by atoms with Gasteiger partial charge >= 0.3 is 0 Å². The Balaban J connectivity index is 2.62. The molecule has 1 fully saturated rings. The standard InChI is InChI=1S/C9H19BrN2O/c1-5-13-8-6-11(3)12(4)7-9(8,2)10/h8H,5-7H2,1-4H3/t8-,9-/m0/s1. The SMILES string of the molecule is CCO[C@H]1CN(C)N(C)C[C@]1(C)Br. The van der Waals surface area contributed by atoms with Crippen LogP contribution in [0.25, 0.3) is 0 Å². The van der Waals surface area contributed by atoms with Gasteiger partial charge < -0.3 is 4.74 Å². The average molecular weight is 251 g/mol. The maximum absolute atomic E-state index is 5.70. The zero-order valence-electron chi connectivity index (χ0n) is 8.88. The fourth-order valence-corrected chi connectivity index (χ4v) is 2.31. The summed E-state index contributed by atoms with van der Waals surface area (Å²) < 4.78 is 5.78. The summed E-state index contributed by atoms with van der Waals surface area (Å²) in [6.07, 6.45) is 0.277. The van der Waals surface area contributed by atoms with Gasteiger partial charge in [0.1, 0.15) is 0 Å². The zero-order valence-corrected chi connectivity index (χ0v) is 10.5. The van der Waals surface area contributed by atoms with E-state index in [4.69, 9.17) is 4.74 Å². The van der Waals surface area contributed by atoms with Crippen LogP contribution in [0, 0.1) is 0 Å². The number of hydrogen-bond donors (Lipinski definition) is 0. The third-order valence-electron chi connectivity index (χ3n) is 2.59. The number of halogens is 1. The van der Waals surface area contributed by atoms with Gasteiger partial charge in [-0.15, -0.1) is 0 Å². The Kier molecular flexibility index (Phi) is 3.74. The van der Waals surface area contributed by atoms with E-state index in [0.717, 1.165) is 19.7 Å². The van der Waals surface area contributed by atoms with Crippen molar-refractivity contribution >= 4 is 15.9 Å². The van der Waals surface area contributed by atoms with Crippen molar-refractivity contribution in [2.45, 2.75) is 24.3 Å². The molecule has 4 heteroatoms. The number of hydrazine groups is 1. The molecule has 0 unspecified atom stereocenters. The lowest BCUT2D eigenvalue weighted by atomic mass is 10.0. The largest absolute Gasteiger partial charge is 0.376 e. The van der Waals surface area contributed by atoms with Crippen molar-refractivity contribution in [3.8, 4) is 0 Å². The van der Waals surface area contributed by atoms with E-state index in [-0.39, 0.29) is 10.4 Å². The Labute approximate surface area is 89.1 Å². The van der Waals surface area contributed by atoms with E-state index < -0.39 is 0 Å². The third-order valence-corrected chi connectivity index (χ3v) is 3.35. The highest BCUT2D eigenvalue weighted by atomic mass is 79.9. The highest BCUT2D eigenvalue weighted by molar-refractivity contribution is 9.10. The molecule has 1 saturated heterocycles. The average Bonchev–Trinajstić information content (AvgIpc) is 2.00. The summed E-state index contributed by atoms with van der Waals surface area (Å²) in [5.74, 6) is 0. The number of nitrogens with zero attached hydrogens (tertiary/aromatic N) is 2. The molecule has 2 atom stereocenters. The second kappa shape index (κ2) is 4.26. The van der Waals surface area contributed by atoms with Gasteiger partial charge in [0.15, 0.2) is 0 Å². The van der Waals surface area contributed by atoms with Crippen LogP contribution in [0.5, 0.6) is 0 Å². The number of alkyl halides is 1. The molecule has 78 valence electrons. The molecule has 1 rings (SSSR count). The number of hydrogen-bond acceptors (Lipinski definition) is 3. The van der Waals surface area contributed by atoms with E-state index in [1.165, 1.54) is 0 Å². The summed E-state index contributed by atoms with van der Waals surface area (Å²) in [7, 11) is 4.19. The van der Waals surface area contributed by atoms with Gasteiger partial charge in [0, 0.05) is 33.8 Å². The maximum Gasteiger partial charge on any atom is 0.0878 e. The Morgan fingerprint density at radius 2 is 2.08 bits per heavy atom. The van der Waals surface area contributed by atoms with Gasteiger partial charge in [-0.3, -0.25) is 0 Å². The third kappa shape index (κ3) is 2.65. The molecule has 0 spiro atoms. The van der Waals surface area contributed by atoms with Crippen molar-refractivity contribution in [1.29, 1.82) is 0 Å². The van der Waals surface area contributed by atoms with Crippen LogP contribution in [0.4, 0.5) is 0 Å². The molecule has 0 aliphatic carbocycles. The van der Waals surface area contributed by atoms with Crippen molar-refractivity contribution < 1.29 is 4.74 Å². The molecule has 0 bridgehead atoms. The van der Waals surface area contributed by atoms with Crippen molar-refractivity contribution in [2.24, 2.45) is 0 Å². The molecule has 1 aliphatic rings. The van der Waals surface area contributed by atoms with E-state index in [0.29, 0.717) is 0 Å². The van der Waals surface area contributed by atoms with Gasteiger partial charge in [0.25, 0.3) is 0 Å². The van der Waals surface area contributed by atoms with Gasteiger partial charge in [0.2, 0.25) is 0 Å². The van der Waals surface area contributed by atoms with Crippen LogP contribution in [0.15, 0.2) is 0 Å². The lowest BCUT2D eigenvalue weighted by Crippen LogP contribution is -2.59. The van der Waals surface area contributed by atoms with E-state index in [1.807, 2.05) is 6.92 Å². The molecule has 0 amide bonds. The smallest absolute Gasteiger partial charge is 0.0878 e. The predicted octanol–water partition coefficient (Wildman–Crippen LogP) is 1.34. The summed E-state index contributed by atoms with van der Waals surface area (Å²) in [5.41, 5.74) is 0. The molecular weight excluding hydrogens is 232 g/mol. The molecule has 0 aromatic carbocycles. The Bertz CT molecular complexity index is 175. The number of rotatable bonds is 2. The van der Waals surface area contributed by atoms with Crippen LogP contribution in [-0.4, -0.2) is 54.2 Å². The lowest BCUT2D eigenvalue weighted by molar-refractivity contribution is -0.0962. The summed E-state index contributed by atoms with van der Waals surface area (Å²) in [6.45, 7) is 6.95. The van der Waals surface area contributed by atoms with Crippen molar-refractivity contribution in [1.82, 2.24) is 10.0 Å². The Hall–Kier alpha value is 0.360. The van der Waals surface area contributed by atoms with E-state index in [2.05, 4.69) is 47.0 Å². The molecule has 3 nitrogen and oxygen atoms in total. The Morgan fingerprint density at radius 1 is 1.46 bits per heavy atom. The molecule has 1 heterocycles. The van der Waals surface area contributed by atoms with Gasteiger partial charge in [-0.25, -0.2) is 10.0 Å². The van der Waals surface area contributed by atoms with E-state index in [1.54, 1.807) is 0 Å². The molecule has 13 heavy (non-hydrogen) atoms. The second-order valence-electron chi connectivity index (χ2n) is 3.88. The quantitative estimate of drug-likeness (QED) is 0.689. The highest BCUT2D eigenvalue weighted by Gasteiger charge is 2.39. The van der Waals surface area contributed by atoms with Crippen LogP contribution in [0.1, 0.15) is 13.8 Å².